The molecule has 2 N–H and O–H groups in total. The smallest absolute Gasteiger partial charge is 0.278 e. The highest BCUT2D eigenvalue weighted by atomic mass is 79.9. The fourth-order valence-electron chi connectivity index (χ4n) is 2.53. The molecule has 1 aliphatic rings. The van der Waals surface area contributed by atoms with Gasteiger partial charge in [-0.2, -0.15) is 5.43 Å². The van der Waals surface area contributed by atoms with Crippen LogP contribution in [0.25, 0.3) is 0 Å². The van der Waals surface area contributed by atoms with Crippen LogP contribution < -0.4 is 32.8 Å². The van der Waals surface area contributed by atoms with Crippen molar-refractivity contribution in [2.75, 3.05) is 10.3 Å². The summed E-state index contributed by atoms with van der Waals surface area (Å²) in [6.45, 7) is 3.92. The molecule has 8 heteroatoms. The monoisotopic (exact) mass is 399 g/mol. The zero-order chi connectivity index (χ0) is 16.5. The lowest BCUT2D eigenvalue weighted by atomic mass is 10.2. The van der Waals surface area contributed by atoms with E-state index >= 15 is 0 Å². The maximum Gasteiger partial charge on any atom is 0.278 e. The number of anilines is 1. The normalized spacial score (nSPS) is 13.6. The number of benzene rings is 2. The molecular weight excluding hydrogens is 382 g/mol. The van der Waals surface area contributed by atoms with Crippen molar-refractivity contribution in [2.45, 2.75) is 13.8 Å². The van der Waals surface area contributed by atoms with E-state index in [2.05, 4.69) is 10.3 Å². The fourth-order valence-corrected chi connectivity index (χ4v) is 2.53. The molecule has 7 nitrogen and oxygen atoms in total. The number of hydrogen-bond acceptors (Lipinski definition) is 5. The second kappa shape index (κ2) is 7.04. The number of hydrogen-bond donors (Lipinski definition) is 1. The van der Waals surface area contributed by atoms with Crippen LogP contribution >= 0.6 is 0 Å². The maximum atomic E-state index is 4.74. The Labute approximate surface area is 156 Å². The summed E-state index contributed by atoms with van der Waals surface area (Å²) >= 11 is 0. The zero-order valence-corrected chi connectivity index (χ0v) is 15.5. The van der Waals surface area contributed by atoms with Gasteiger partial charge in [-0.15, -0.1) is 9.89 Å². The molecule has 0 atom stereocenters. The predicted octanol–water partition coefficient (Wildman–Crippen LogP) is -1.89. The van der Waals surface area contributed by atoms with Crippen molar-refractivity contribution in [1.29, 1.82) is 0 Å². The highest BCUT2D eigenvalue weighted by Crippen LogP contribution is 2.15. The third-order valence-corrected chi connectivity index (χ3v) is 4.00. The van der Waals surface area contributed by atoms with Gasteiger partial charge in [-0.3, -0.25) is 0 Å². The van der Waals surface area contributed by atoms with Crippen LogP contribution in [-0.2, 0) is 0 Å². The molecular formula is C17H18BrN7. The number of rotatable bonds is 3. The van der Waals surface area contributed by atoms with Crippen LogP contribution in [-0.4, -0.2) is 20.9 Å². The second-order valence-corrected chi connectivity index (χ2v) is 5.58. The first-order valence-electron chi connectivity index (χ1n) is 7.76. The minimum Gasteiger partial charge on any atom is -1.00 e. The third kappa shape index (κ3) is 3.13. The van der Waals surface area contributed by atoms with Crippen LogP contribution in [0.15, 0.2) is 65.8 Å². The number of nitrogens with two attached hydrogens (primary N) is 1. The lowest BCUT2D eigenvalue weighted by Crippen LogP contribution is -3.00. The SMILES string of the molecule is Cc1nnn(N2N=C(c3ccccc3)[NH2+]N2c2ccccc2)c1C.[Br-]. The van der Waals surface area contributed by atoms with Crippen LogP contribution in [0.5, 0.6) is 0 Å². The minimum absolute atomic E-state index is 0. The molecule has 0 spiro atoms. The van der Waals surface area contributed by atoms with Gasteiger partial charge in [0.25, 0.3) is 5.84 Å². The number of amidine groups is 1. The summed E-state index contributed by atoms with van der Waals surface area (Å²) in [7, 11) is 0. The van der Waals surface area contributed by atoms with Crippen LogP contribution in [0.3, 0.4) is 0 Å². The summed E-state index contributed by atoms with van der Waals surface area (Å²) in [5.41, 5.74) is 5.88. The van der Waals surface area contributed by atoms with Crippen LogP contribution in [0, 0.1) is 13.8 Å². The van der Waals surface area contributed by atoms with E-state index in [0.29, 0.717) is 0 Å². The van der Waals surface area contributed by atoms with E-state index in [1.807, 2.05) is 85.1 Å². The largest absolute Gasteiger partial charge is 1.00 e. The number of hydrazone groups is 1. The first kappa shape index (κ1) is 17.1. The van der Waals surface area contributed by atoms with Crippen molar-refractivity contribution in [2.24, 2.45) is 5.10 Å². The Hall–Kier alpha value is -2.71. The van der Waals surface area contributed by atoms with E-state index in [9.17, 15) is 0 Å². The Balaban J connectivity index is 0.00000182. The Morgan fingerprint density at radius 3 is 2.12 bits per heavy atom. The quantitative estimate of drug-likeness (QED) is 0.523. The van der Waals surface area contributed by atoms with Gasteiger partial charge in [0.05, 0.1) is 17.0 Å². The van der Waals surface area contributed by atoms with Crippen LogP contribution in [0.1, 0.15) is 17.0 Å². The molecule has 0 unspecified atom stereocenters. The molecule has 4 rings (SSSR count). The van der Waals surface area contributed by atoms with Gasteiger partial charge in [0.1, 0.15) is 5.69 Å². The summed E-state index contributed by atoms with van der Waals surface area (Å²) in [6, 6.07) is 20.2. The Morgan fingerprint density at radius 2 is 1.52 bits per heavy atom. The number of halogens is 1. The van der Waals surface area contributed by atoms with Gasteiger partial charge < -0.3 is 17.0 Å². The molecule has 0 radical (unpaired) electrons. The van der Waals surface area contributed by atoms with E-state index in [1.165, 1.54) is 0 Å². The molecule has 0 saturated heterocycles. The standard InChI is InChI=1S/C17H17N7.BrH/c1-13-14(2)22(21-18-13)24-20-17(15-9-5-3-6-10-15)19-23(24)16-11-7-4-8-12-16;/h3-12H,1-2H3,(H,19,20);1H. The van der Waals surface area contributed by atoms with Crippen LogP contribution in [0.4, 0.5) is 5.69 Å². The molecule has 2 heterocycles. The molecule has 0 aliphatic carbocycles. The number of aromatic nitrogens is 3. The molecule has 1 aromatic heterocycles. The van der Waals surface area contributed by atoms with Crippen LogP contribution in [0.2, 0.25) is 0 Å². The predicted molar refractivity (Wildman–Crippen MR) is 91.5 cm³/mol. The van der Waals surface area contributed by atoms with E-state index in [-0.39, 0.29) is 17.0 Å². The summed E-state index contributed by atoms with van der Waals surface area (Å²) in [4.78, 5) is 1.70. The Morgan fingerprint density at radius 1 is 0.880 bits per heavy atom. The van der Waals surface area contributed by atoms with Gasteiger partial charge in [0.2, 0.25) is 0 Å². The van der Waals surface area contributed by atoms with E-state index in [4.69, 9.17) is 5.10 Å². The van der Waals surface area contributed by atoms with Crippen molar-refractivity contribution in [3.8, 4) is 0 Å². The van der Waals surface area contributed by atoms with Crippen molar-refractivity contribution >= 4 is 11.5 Å². The van der Waals surface area contributed by atoms with Gasteiger partial charge in [-0.05, 0) is 48.6 Å². The lowest BCUT2D eigenvalue weighted by molar-refractivity contribution is -0.547. The average Bonchev–Trinajstić information content (AvgIpc) is 3.21. The molecule has 0 fully saturated rings. The Kier molecular flexibility index (Phi) is 4.82. The van der Waals surface area contributed by atoms with Crippen molar-refractivity contribution in [1.82, 2.24) is 15.1 Å². The van der Waals surface area contributed by atoms with Crippen molar-refractivity contribution < 1.29 is 22.4 Å². The summed E-state index contributed by atoms with van der Waals surface area (Å²) in [5.74, 6) is 0.868. The number of nitrogens with zero attached hydrogens (tertiary/aromatic N) is 6. The number of aryl methyl sites for hydroxylation is 1. The highest BCUT2D eigenvalue weighted by Gasteiger charge is 2.33. The second-order valence-electron chi connectivity index (χ2n) is 5.58. The van der Waals surface area contributed by atoms with Gasteiger partial charge >= 0.3 is 0 Å². The fraction of sp³-hybridized carbons (Fsp3) is 0.118. The summed E-state index contributed by atoms with van der Waals surface area (Å²) in [5, 5.41) is 16.8. The topological polar surface area (TPSA) is 66.2 Å². The molecule has 2 aromatic carbocycles. The first-order chi connectivity index (χ1) is 11.7. The van der Waals surface area contributed by atoms with E-state index in [0.717, 1.165) is 28.5 Å². The van der Waals surface area contributed by atoms with Gasteiger partial charge in [0.15, 0.2) is 0 Å². The molecule has 0 saturated carbocycles. The number of para-hydroxylation sites is 1. The van der Waals surface area contributed by atoms with Crippen molar-refractivity contribution in [3.05, 3.63) is 77.6 Å². The van der Waals surface area contributed by atoms with Gasteiger partial charge in [-0.1, -0.05) is 46.6 Å². The van der Waals surface area contributed by atoms with Crippen molar-refractivity contribution in [3.63, 3.8) is 0 Å². The average molecular weight is 400 g/mol. The van der Waals surface area contributed by atoms with Gasteiger partial charge in [-0.25, -0.2) is 0 Å². The number of hydrazine groups is 1. The molecule has 0 bridgehead atoms. The summed E-state index contributed by atoms with van der Waals surface area (Å²) in [6.07, 6.45) is 0. The molecule has 3 aromatic rings. The molecule has 1 aliphatic heterocycles. The lowest BCUT2D eigenvalue weighted by Gasteiger charge is -2.23. The zero-order valence-electron chi connectivity index (χ0n) is 13.9. The molecule has 25 heavy (non-hydrogen) atoms. The maximum absolute atomic E-state index is 4.74. The number of quaternary nitrogens is 1. The Bertz CT molecular complexity index is 877. The minimum atomic E-state index is 0. The van der Waals surface area contributed by atoms with E-state index in [1.54, 1.807) is 10.0 Å². The summed E-state index contributed by atoms with van der Waals surface area (Å²) < 4.78 is 0. The van der Waals surface area contributed by atoms with Gasteiger partial charge in [0, 0.05) is 0 Å². The van der Waals surface area contributed by atoms with E-state index < -0.39 is 0 Å². The molecule has 128 valence electrons. The third-order valence-electron chi connectivity index (χ3n) is 4.00. The molecule has 0 amide bonds. The first-order valence-corrected chi connectivity index (χ1v) is 7.76. The highest BCUT2D eigenvalue weighted by molar-refractivity contribution is 5.93.